The molecule has 0 amide bonds. The zero-order chi connectivity index (χ0) is 21.9. The Labute approximate surface area is 172 Å². The van der Waals surface area contributed by atoms with Crippen LogP contribution >= 0.6 is 0 Å². The van der Waals surface area contributed by atoms with Gasteiger partial charge in [-0.3, -0.25) is 4.57 Å². The van der Waals surface area contributed by atoms with E-state index in [-0.39, 0.29) is 31.3 Å². The highest BCUT2D eigenvalue weighted by Crippen LogP contribution is 2.47. The molecule has 13 heteroatoms. The van der Waals surface area contributed by atoms with Crippen molar-refractivity contribution in [2.45, 2.75) is 51.0 Å². The third kappa shape index (κ3) is 3.42. The summed E-state index contributed by atoms with van der Waals surface area (Å²) in [5.74, 6) is -4.13. The van der Waals surface area contributed by atoms with E-state index in [4.69, 9.17) is 34.5 Å². The second-order valence-electron chi connectivity index (χ2n) is 6.31. The first-order valence-corrected chi connectivity index (χ1v) is 9.51. The summed E-state index contributed by atoms with van der Waals surface area (Å²) in [7, 11) is 1.26. The monoisotopic (exact) mass is 429 g/mol. The van der Waals surface area contributed by atoms with E-state index in [0.717, 1.165) is 0 Å². The fourth-order valence-electron chi connectivity index (χ4n) is 3.39. The molecule has 0 aromatic carbocycles. The number of imidazole rings is 1. The lowest BCUT2D eigenvalue weighted by atomic mass is 10.0. The molecule has 1 fully saturated rings. The van der Waals surface area contributed by atoms with Crippen molar-refractivity contribution in [2.75, 3.05) is 32.7 Å². The standard InChI is InChI=1S/C17H27N5O8/c1-5-26-17(27-6-2,30-28-7-3)16(25-4)12(24)11(23)15(29-16)22-9-21-10-13(18)19-8-20-14(10)22/h8-9,11-12,15,23-24H,5-7H2,1-4H3,(H2,18,19,20)/t11-,12+,15-,16+/m1/s1. The van der Waals surface area contributed by atoms with Crippen LogP contribution in [0.1, 0.15) is 27.0 Å². The minimum absolute atomic E-state index is 0.0901. The van der Waals surface area contributed by atoms with Gasteiger partial charge in [-0.05, 0) is 20.8 Å². The Morgan fingerprint density at radius 3 is 2.47 bits per heavy atom. The zero-order valence-electron chi connectivity index (χ0n) is 17.2. The molecule has 0 bridgehead atoms. The van der Waals surface area contributed by atoms with E-state index in [2.05, 4.69) is 15.0 Å². The van der Waals surface area contributed by atoms with Gasteiger partial charge in [-0.15, -0.1) is 0 Å². The van der Waals surface area contributed by atoms with Crippen LogP contribution < -0.4 is 5.73 Å². The van der Waals surface area contributed by atoms with Crippen LogP contribution in [0.4, 0.5) is 5.82 Å². The summed E-state index contributed by atoms with van der Waals surface area (Å²) < 4.78 is 24.3. The molecular formula is C17H27N5O8. The first-order valence-electron chi connectivity index (χ1n) is 9.51. The van der Waals surface area contributed by atoms with Crippen molar-refractivity contribution in [3.8, 4) is 0 Å². The van der Waals surface area contributed by atoms with Crippen LogP contribution in [0.25, 0.3) is 11.2 Å². The lowest BCUT2D eigenvalue weighted by Gasteiger charge is -2.44. The third-order valence-corrected chi connectivity index (χ3v) is 4.65. The molecule has 0 aliphatic carbocycles. The Morgan fingerprint density at radius 1 is 1.17 bits per heavy atom. The number of methoxy groups -OCH3 is 1. The highest BCUT2D eigenvalue weighted by Gasteiger charge is 2.71. The Hall–Kier alpha value is -1.97. The minimum atomic E-state index is -2.15. The number of hydrogen-bond donors (Lipinski definition) is 3. The van der Waals surface area contributed by atoms with Crippen molar-refractivity contribution >= 4 is 17.0 Å². The summed E-state index contributed by atoms with van der Waals surface area (Å²) in [5.41, 5.74) is 6.43. The van der Waals surface area contributed by atoms with Crippen molar-refractivity contribution in [3.63, 3.8) is 0 Å². The topological polar surface area (TPSA) is 165 Å². The van der Waals surface area contributed by atoms with Gasteiger partial charge in [0.15, 0.2) is 17.7 Å². The number of aliphatic hydroxyl groups excluding tert-OH is 2. The summed E-state index contributed by atoms with van der Waals surface area (Å²) >= 11 is 0. The van der Waals surface area contributed by atoms with E-state index in [1.54, 1.807) is 20.8 Å². The summed E-state index contributed by atoms with van der Waals surface area (Å²) in [5, 5.41) is 21.9. The number of anilines is 1. The Balaban J connectivity index is 2.08. The van der Waals surface area contributed by atoms with Gasteiger partial charge in [0, 0.05) is 20.3 Å². The quantitative estimate of drug-likeness (QED) is 0.257. The number of aliphatic hydroxyl groups is 2. The minimum Gasteiger partial charge on any atom is -0.385 e. The largest absolute Gasteiger partial charge is 0.385 e. The van der Waals surface area contributed by atoms with Crippen LogP contribution in [-0.4, -0.2) is 80.6 Å². The van der Waals surface area contributed by atoms with Gasteiger partial charge in [0.25, 0.3) is 5.79 Å². The summed E-state index contributed by atoms with van der Waals surface area (Å²) in [6.07, 6.45) is -1.79. The second kappa shape index (κ2) is 9.03. The predicted molar refractivity (Wildman–Crippen MR) is 100 cm³/mol. The van der Waals surface area contributed by atoms with Gasteiger partial charge >= 0.3 is 5.97 Å². The van der Waals surface area contributed by atoms with Crippen LogP contribution in [-0.2, 0) is 28.7 Å². The molecule has 13 nitrogen and oxygen atoms in total. The number of rotatable bonds is 10. The van der Waals surface area contributed by atoms with E-state index in [1.165, 1.54) is 24.3 Å². The summed E-state index contributed by atoms with van der Waals surface area (Å²) in [4.78, 5) is 22.7. The van der Waals surface area contributed by atoms with Gasteiger partial charge in [-0.25, -0.2) is 19.8 Å². The number of aromatic nitrogens is 4. The van der Waals surface area contributed by atoms with E-state index in [1.807, 2.05) is 0 Å². The third-order valence-electron chi connectivity index (χ3n) is 4.65. The van der Waals surface area contributed by atoms with Gasteiger partial charge in [0.1, 0.15) is 24.1 Å². The predicted octanol–water partition coefficient (Wildman–Crippen LogP) is -0.303. The smallest absolute Gasteiger partial charge is 0.370 e. The zero-order valence-corrected chi connectivity index (χ0v) is 17.2. The maximum absolute atomic E-state index is 11.0. The van der Waals surface area contributed by atoms with E-state index < -0.39 is 30.2 Å². The molecule has 30 heavy (non-hydrogen) atoms. The van der Waals surface area contributed by atoms with Gasteiger partial charge in [-0.2, -0.15) is 4.89 Å². The molecule has 0 spiro atoms. The number of hydrogen-bond acceptors (Lipinski definition) is 12. The molecular weight excluding hydrogens is 402 g/mol. The van der Waals surface area contributed by atoms with Gasteiger partial charge < -0.3 is 34.9 Å². The number of nitrogens with two attached hydrogens (primary N) is 1. The van der Waals surface area contributed by atoms with Crippen molar-refractivity contribution in [1.82, 2.24) is 19.5 Å². The molecule has 0 unspecified atom stereocenters. The SMILES string of the molecule is CCOOC(OCC)(OCC)[C@@]1(OC)O[C@@H](n2cnc3c(N)ncnc32)[C@H](O)[C@@H]1O. The molecule has 3 heterocycles. The van der Waals surface area contributed by atoms with Crippen molar-refractivity contribution in [3.05, 3.63) is 12.7 Å². The fourth-order valence-corrected chi connectivity index (χ4v) is 3.39. The van der Waals surface area contributed by atoms with Crippen LogP contribution in [0.5, 0.6) is 0 Å². The summed E-state index contributed by atoms with van der Waals surface area (Å²) in [6, 6.07) is 0. The number of fused-ring (bicyclic) bond motifs is 1. The van der Waals surface area contributed by atoms with E-state index >= 15 is 0 Å². The molecule has 168 valence electrons. The number of nitrogens with zero attached hydrogens (tertiary/aromatic N) is 4. The van der Waals surface area contributed by atoms with E-state index in [9.17, 15) is 10.2 Å². The van der Waals surface area contributed by atoms with Crippen molar-refractivity contribution in [1.29, 1.82) is 0 Å². The fraction of sp³-hybridized carbons (Fsp3) is 0.706. The average Bonchev–Trinajstić information content (AvgIpc) is 3.28. The van der Waals surface area contributed by atoms with Gasteiger partial charge in [-0.1, -0.05) is 0 Å². The number of nitrogen functional groups attached to an aromatic ring is 1. The molecule has 0 radical (unpaired) electrons. The first kappa shape index (κ1) is 22.7. The highest BCUT2D eigenvalue weighted by atomic mass is 17.3. The van der Waals surface area contributed by atoms with Crippen molar-refractivity contribution < 1.29 is 38.9 Å². The molecule has 1 aliphatic rings. The molecule has 2 aromatic rings. The Morgan fingerprint density at radius 2 is 1.87 bits per heavy atom. The van der Waals surface area contributed by atoms with Crippen LogP contribution in [0.15, 0.2) is 12.7 Å². The molecule has 1 saturated heterocycles. The molecule has 4 atom stereocenters. The molecule has 2 aromatic heterocycles. The lowest BCUT2D eigenvalue weighted by molar-refractivity contribution is -0.577. The Bertz CT molecular complexity index is 845. The normalized spacial score (nSPS) is 27.2. The maximum atomic E-state index is 11.0. The Kier molecular flexibility index (Phi) is 6.84. The van der Waals surface area contributed by atoms with Crippen LogP contribution in [0.3, 0.4) is 0 Å². The first-order chi connectivity index (χ1) is 14.4. The second-order valence-corrected chi connectivity index (χ2v) is 6.31. The highest BCUT2D eigenvalue weighted by molar-refractivity contribution is 5.81. The maximum Gasteiger partial charge on any atom is 0.370 e. The average molecular weight is 429 g/mol. The lowest BCUT2D eigenvalue weighted by Crippen LogP contribution is -2.66. The van der Waals surface area contributed by atoms with E-state index in [0.29, 0.717) is 5.52 Å². The van der Waals surface area contributed by atoms with Crippen molar-refractivity contribution in [2.24, 2.45) is 0 Å². The van der Waals surface area contributed by atoms with Gasteiger partial charge in [0.2, 0.25) is 0 Å². The molecule has 1 aliphatic heterocycles. The molecule has 0 saturated carbocycles. The van der Waals surface area contributed by atoms with Crippen LogP contribution in [0, 0.1) is 0 Å². The number of ether oxygens (including phenoxy) is 4. The van der Waals surface area contributed by atoms with Crippen LogP contribution in [0.2, 0.25) is 0 Å². The summed E-state index contributed by atoms with van der Waals surface area (Å²) in [6.45, 7) is 5.38. The molecule has 4 N–H and O–H groups in total. The molecule has 3 rings (SSSR count). The van der Waals surface area contributed by atoms with Gasteiger partial charge in [0.05, 0.1) is 12.9 Å².